The first-order valence-electron chi connectivity index (χ1n) is 5.97. The second-order valence-corrected chi connectivity index (χ2v) is 5.22. The Kier molecular flexibility index (Phi) is 6.14. The van der Waals surface area contributed by atoms with E-state index in [9.17, 15) is 19.2 Å². The maximum absolute atomic E-state index is 11.7. The molecule has 23 heavy (non-hydrogen) atoms. The SMILES string of the molecule is CC(C)(O/N=C(\C(=O)O)c1csc(NC=O)n1)C(=O)NNC=O. The number of hydrogen-bond donors (Lipinski definition) is 4. The number of carboxylic acids is 1. The average molecular weight is 343 g/mol. The number of carboxylic acid groups (broad SMARTS) is 1. The van der Waals surface area contributed by atoms with Crippen LogP contribution in [0, 0.1) is 0 Å². The maximum atomic E-state index is 11.7. The molecule has 1 aromatic heterocycles. The second kappa shape index (κ2) is 7.84. The summed E-state index contributed by atoms with van der Waals surface area (Å²) in [5.41, 5.74) is 1.80. The zero-order valence-electron chi connectivity index (χ0n) is 12.0. The molecule has 0 atom stereocenters. The van der Waals surface area contributed by atoms with Gasteiger partial charge in [-0.2, -0.15) is 0 Å². The van der Waals surface area contributed by atoms with Gasteiger partial charge in [0.05, 0.1) is 0 Å². The average Bonchev–Trinajstić information content (AvgIpc) is 2.93. The summed E-state index contributed by atoms with van der Waals surface area (Å²) in [6, 6.07) is 0. The molecule has 0 aliphatic heterocycles. The monoisotopic (exact) mass is 343 g/mol. The zero-order valence-corrected chi connectivity index (χ0v) is 12.8. The Hall–Kier alpha value is -3.02. The molecule has 1 rings (SSSR count). The zero-order chi connectivity index (χ0) is 17.5. The summed E-state index contributed by atoms with van der Waals surface area (Å²) in [5, 5.41) is 16.4. The van der Waals surface area contributed by atoms with E-state index in [0.717, 1.165) is 11.3 Å². The van der Waals surface area contributed by atoms with Crippen LogP contribution in [0.15, 0.2) is 10.5 Å². The van der Waals surface area contributed by atoms with Gasteiger partial charge in [0, 0.05) is 5.38 Å². The third kappa shape index (κ3) is 5.03. The molecule has 4 N–H and O–H groups in total. The molecule has 0 saturated heterocycles. The molecule has 0 radical (unpaired) electrons. The Morgan fingerprint density at radius 3 is 2.65 bits per heavy atom. The summed E-state index contributed by atoms with van der Waals surface area (Å²) in [5.74, 6) is -2.19. The number of hydrogen-bond acceptors (Lipinski definition) is 8. The number of amides is 3. The highest BCUT2D eigenvalue weighted by Gasteiger charge is 2.31. The molecule has 1 heterocycles. The summed E-state index contributed by atoms with van der Waals surface area (Å²) in [7, 11) is 0. The number of hydrazine groups is 1. The summed E-state index contributed by atoms with van der Waals surface area (Å²) in [4.78, 5) is 52.2. The Labute approximate surface area is 133 Å². The topological polar surface area (TPSA) is 159 Å². The van der Waals surface area contributed by atoms with Crippen molar-refractivity contribution in [3.63, 3.8) is 0 Å². The highest BCUT2D eigenvalue weighted by Crippen LogP contribution is 2.17. The lowest BCUT2D eigenvalue weighted by Gasteiger charge is -2.20. The summed E-state index contributed by atoms with van der Waals surface area (Å²) < 4.78 is 0. The quantitative estimate of drug-likeness (QED) is 0.256. The first kappa shape index (κ1) is 18.0. The normalized spacial score (nSPS) is 11.3. The minimum Gasteiger partial charge on any atom is -0.476 e. The molecular weight excluding hydrogens is 330 g/mol. The maximum Gasteiger partial charge on any atom is 0.360 e. The van der Waals surface area contributed by atoms with E-state index in [1.807, 2.05) is 10.9 Å². The van der Waals surface area contributed by atoms with E-state index in [4.69, 9.17) is 9.94 Å². The number of anilines is 1. The Bertz CT molecular complexity index is 641. The van der Waals surface area contributed by atoms with Crippen molar-refractivity contribution in [1.29, 1.82) is 0 Å². The van der Waals surface area contributed by atoms with E-state index in [1.54, 1.807) is 0 Å². The number of nitrogens with one attached hydrogen (secondary N) is 3. The van der Waals surface area contributed by atoms with Crippen LogP contribution in [0.5, 0.6) is 0 Å². The first-order chi connectivity index (χ1) is 10.8. The molecule has 124 valence electrons. The predicted molar refractivity (Wildman–Crippen MR) is 78.5 cm³/mol. The number of aromatic nitrogens is 1. The lowest BCUT2D eigenvalue weighted by atomic mass is 10.1. The third-order valence-corrected chi connectivity index (χ3v) is 3.06. The van der Waals surface area contributed by atoms with Gasteiger partial charge in [0.1, 0.15) is 5.69 Å². The smallest absolute Gasteiger partial charge is 0.360 e. The third-order valence-electron chi connectivity index (χ3n) is 2.29. The molecule has 1 aromatic rings. The second-order valence-electron chi connectivity index (χ2n) is 4.36. The van der Waals surface area contributed by atoms with Crippen molar-refractivity contribution >= 4 is 46.9 Å². The fraction of sp³-hybridized carbons (Fsp3) is 0.273. The highest BCUT2D eigenvalue weighted by molar-refractivity contribution is 7.14. The molecule has 11 nitrogen and oxygen atoms in total. The van der Waals surface area contributed by atoms with Gasteiger partial charge in [-0.15, -0.1) is 11.3 Å². The number of aliphatic carboxylic acids is 1. The number of carbonyl (C=O) groups is 4. The van der Waals surface area contributed by atoms with E-state index < -0.39 is 23.2 Å². The Morgan fingerprint density at radius 1 is 1.39 bits per heavy atom. The lowest BCUT2D eigenvalue weighted by Crippen LogP contribution is -2.49. The van der Waals surface area contributed by atoms with E-state index in [1.165, 1.54) is 19.2 Å². The standard InChI is InChI=1S/C11H13N5O6S/c1-11(2,9(21)15-13-5-18)22-16-7(8(19)20)6-3-23-10(14-6)12-4-17/h3-5H,1-2H3,(H,13,18)(H,15,21)(H,19,20)(H,12,14,17)/b16-7-. The minimum absolute atomic E-state index is 0.0472. The minimum atomic E-state index is -1.56. The van der Waals surface area contributed by atoms with E-state index in [0.29, 0.717) is 6.41 Å². The van der Waals surface area contributed by atoms with Gasteiger partial charge in [-0.1, -0.05) is 5.16 Å². The van der Waals surface area contributed by atoms with Gasteiger partial charge in [0.2, 0.25) is 24.1 Å². The predicted octanol–water partition coefficient (Wildman–Crippen LogP) is -0.927. The molecule has 12 heteroatoms. The van der Waals surface area contributed by atoms with Gasteiger partial charge in [-0.3, -0.25) is 25.2 Å². The van der Waals surface area contributed by atoms with Crippen molar-refractivity contribution in [3.8, 4) is 0 Å². The molecular formula is C11H13N5O6S. The molecule has 0 fully saturated rings. The number of carbonyl (C=O) groups excluding carboxylic acids is 3. The molecule has 3 amide bonds. The van der Waals surface area contributed by atoms with Crippen molar-refractivity contribution < 1.29 is 29.1 Å². The number of thiazole rings is 1. The molecule has 0 spiro atoms. The van der Waals surface area contributed by atoms with E-state index in [-0.39, 0.29) is 17.2 Å². The van der Waals surface area contributed by atoms with E-state index >= 15 is 0 Å². The van der Waals surface area contributed by atoms with Crippen LogP contribution in [0.4, 0.5) is 5.13 Å². The van der Waals surface area contributed by atoms with Crippen molar-refractivity contribution in [2.24, 2.45) is 5.16 Å². The van der Waals surface area contributed by atoms with Crippen molar-refractivity contribution in [2.75, 3.05) is 5.32 Å². The number of nitrogens with zero attached hydrogens (tertiary/aromatic N) is 2. The van der Waals surface area contributed by atoms with Crippen LogP contribution in [0.2, 0.25) is 0 Å². The van der Waals surface area contributed by atoms with Gasteiger partial charge in [0.25, 0.3) is 5.91 Å². The molecule has 0 saturated carbocycles. The van der Waals surface area contributed by atoms with Gasteiger partial charge in [-0.05, 0) is 13.8 Å². The van der Waals surface area contributed by atoms with Gasteiger partial charge in [-0.25, -0.2) is 9.78 Å². The van der Waals surface area contributed by atoms with Crippen LogP contribution in [0.1, 0.15) is 19.5 Å². The number of oxime groups is 1. The van der Waals surface area contributed by atoms with Gasteiger partial charge >= 0.3 is 5.97 Å². The summed E-state index contributed by atoms with van der Waals surface area (Å²) in [6.45, 7) is 2.64. The molecule has 0 unspecified atom stereocenters. The van der Waals surface area contributed by atoms with Crippen LogP contribution in [-0.2, 0) is 24.0 Å². The first-order valence-corrected chi connectivity index (χ1v) is 6.85. The van der Waals surface area contributed by atoms with Crippen LogP contribution in [0.25, 0.3) is 0 Å². The fourth-order valence-corrected chi connectivity index (χ4v) is 1.80. The summed E-state index contributed by atoms with van der Waals surface area (Å²) >= 11 is 0.989. The molecule has 0 aliphatic rings. The Morgan fingerprint density at radius 2 is 2.09 bits per heavy atom. The number of rotatable bonds is 9. The van der Waals surface area contributed by atoms with Crippen LogP contribution < -0.4 is 16.2 Å². The van der Waals surface area contributed by atoms with Crippen LogP contribution >= 0.6 is 11.3 Å². The molecule has 0 aromatic carbocycles. The van der Waals surface area contributed by atoms with Gasteiger partial charge < -0.3 is 15.3 Å². The lowest BCUT2D eigenvalue weighted by molar-refractivity contribution is -0.145. The molecule has 0 aliphatic carbocycles. The van der Waals surface area contributed by atoms with Crippen LogP contribution in [0.3, 0.4) is 0 Å². The highest BCUT2D eigenvalue weighted by atomic mass is 32.1. The van der Waals surface area contributed by atoms with E-state index in [2.05, 4.69) is 15.5 Å². The van der Waals surface area contributed by atoms with Crippen molar-refractivity contribution in [2.45, 2.75) is 19.4 Å². The van der Waals surface area contributed by atoms with Crippen molar-refractivity contribution in [3.05, 3.63) is 11.1 Å². The van der Waals surface area contributed by atoms with Gasteiger partial charge in [0.15, 0.2) is 5.13 Å². The molecule has 0 bridgehead atoms. The fourth-order valence-electron chi connectivity index (χ4n) is 1.14. The van der Waals surface area contributed by atoms with Crippen molar-refractivity contribution in [1.82, 2.24) is 15.8 Å². The summed E-state index contributed by atoms with van der Waals surface area (Å²) in [6.07, 6.45) is 0.640. The Balaban J connectivity index is 2.94. The van der Waals surface area contributed by atoms with Crippen LogP contribution in [-0.4, -0.2) is 46.1 Å². The largest absolute Gasteiger partial charge is 0.476 e.